The van der Waals surface area contributed by atoms with Gasteiger partial charge in [-0.2, -0.15) is 0 Å². The molecule has 0 aliphatic rings. The van der Waals surface area contributed by atoms with Crippen LogP contribution in [0.15, 0.2) is 207 Å². The number of thiophene rings is 2. The lowest BCUT2D eigenvalue weighted by atomic mass is 9.88. The largest absolute Gasteiger partial charge is 0.265 e. The number of rotatable bonds is 6. The highest BCUT2D eigenvalue weighted by atomic mass is 32.1. The molecular formula is C58H34N4S2. The van der Waals surface area contributed by atoms with Gasteiger partial charge >= 0.3 is 0 Å². The second kappa shape index (κ2) is 14.9. The Morgan fingerprint density at radius 1 is 0.250 bits per heavy atom. The van der Waals surface area contributed by atoms with E-state index in [-0.39, 0.29) is 0 Å². The van der Waals surface area contributed by atoms with Crippen LogP contribution in [0.5, 0.6) is 0 Å². The maximum atomic E-state index is 5.51. The lowest BCUT2D eigenvalue weighted by Gasteiger charge is -2.17. The van der Waals surface area contributed by atoms with Crippen LogP contribution in [0.3, 0.4) is 0 Å². The zero-order chi connectivity index (χ0) is 42.1. The normalized spacial score (nSPS) is 11.8. The number of nitrogens with zero attached hydrogens (tertiary/aromatic N) is 4. The molecule has 4 aromatic heterocycles. The molecule has 0 saturated carbocycles. The molecule has 13 rings (SSSR count). The maximum absolute atomic E-state index is 5.51. The van der Waals surface area contributed by atoms with Crippen molar-refractivity contribution in [2.75, 3.05) is 0 Å². The van der Waals surface area contributed by atoms with Crippen molar-refractivity contribution < 1.29 is 0 Å². The molecule has 0 spiro atoms. The minimum atomic E-state index is 0.613. The molecule has 4 heterocycles. The SMILES string of the molecule is c1ccc(-c2nc(-c3cc(-c4ccc5sc6ccccc6c5c4)cc(-c4ccc5sc6ccccc6c5c4)c3)nc(-c3c4ccccc4c(-c4ccncc4)c4ccccc34)n2)cc1. The molecule has 9 aromatic carbocycles. The Hall–Kier alpha value is -7.90. The molecule has 0 amide bonds. The number of fused-ring (bicyclic) bond motifs is 8. The van der Waals surface area contributed by atoms with Crippen LogP contribution in [0.2, 0.25) is 0 Å². The summed E-state index contributed by atoms with van der Waals surface area (Å²) in [6.45, 7) is 0. The first kappa shape index (κ1) is 36.7. The third-order valence-electron chi connectivity index (χ3n) is 12.4. The van der Waals surface area contributed by atoms with Gasteiger partial charge in [0.25, 0.3) is 0 Å². The molecule has 0 aliphatic carbocycles. The van der Waals surface area contributed by atoms with Gasteiger partial charge in [-0.15, -0.1) is 22.7 Å². The van der Waals surface area contributed by atoms with Gasteiger partial charge in [-0.05, 0) is 122 Å². The molecule has 6 heteroatoms. The molecule has 64 heavy (non-hydrogen) atoms. The molecule has 0 unspecified atom stereocenters. The van der Waals surface area contributed by atoms with Crippen LogP contribution in [0.25, 0.3) is 129 Å². The van der Waals surface area contributed by atoms with E-state index < -0.39 is 0 Å². The second-order valence-corrected chi connectivity index (χ2v) is 18.3. The second-order valence-electron chi connectivity index (χ2n) is 16.2. The molecule has 0 saturated heterocycles. The van der Waals surface area contributed by atoms with E-state index in [1.165, 1.54) is 40.3 Å². The van der Waals surface area contributed by atoms with Gasteiger partial charge < -0.3 is 0 Å². The van der Waals surface area contributed by atoms with Crippen LogP contribution in [0, 0.1) is 0 Å². The summed E-state index contributed by atoms with van der Waals surface area (Å²) in [7, 11) is 0. The fourth-order valence-corrected chi connectivity index (χ4v) is 11.6. The average Bonchev–Trinajstić information content (AvgIpc) is 3.93. The Balaban J connectivity index is 1.08. The predicted octanol–water partition coefficient (Wildman–Crippen LogP) is 16.3. The first-order valence-corrected chi connectivity index (χ1v) is 23.0. The smallest absolute Gasteiger partial charge is 0.165 e. The van der Waals surface area contributed by atoms with Gasteiger partial charge in [0.05, 0.1) is 0 Å². The molecule has 0 radical (unpaired) electrons. The molecule has 4 nitrogen and oxygen atoms in total. The maximum Gasteiger partial charge on any atom is 0.165 e. The van der Waals surface area contributed by atoms with E-state index in [1.807, 2.05) is 53.3 Å². The van der Waals surface area contributed by atoms with E-state index >= 15 is 0 Å². The quantitative estimate of drug-likeness (QED) is 0.156. The fraction of sp³-hybridized carbons (Fsp3) is 0. The van der Waals surface area contributed by atoms with Crippen LogP contribution in [0.4, 0.5) is 0 Å². The van der Waals surface area contributed by atoms with E-state index in [2.05, 4.69) is 181 Å². The van der Waals surface area contributed by atoms with Gasteiger partial charge in [-0.1, -0.05) is 127 Å². The summed E-state index contributed by atoms with van der Waals surface area (Å²) in [5, 5.41) is 9.49. The highest BCUT2D eigenvalue weighted by Gasteiger charge is 2.21. The topological polar surface area (TPSA) is 51.6 Å². The van der Waals surface area contributed by atoms with Crippen LogP contribution in [0.1, 0.15) is 0 Å². The van der Waals surface area contributed by atoms with E-state index in [4.69, 9.17) is 15.0 Å². The van der Waals surface area contributed by atoms with Gasteiger partial charge in [0.2, 0.25) is 0 Å². The number of pyridine rings is 1. The Bertz CT molecular complexity index is 3780. The first-order chi connectivity index (χ1) is 31.7. The average molecular weight is 851 g/mol. The van der Waals surface area contributed by atoms with Crippen molar-refractivity contribution in [1.82, 2.24) is 19.9 Å². The lowest BCUT2D eigenvalue weighted by molar-refractivity contribution is 1.08. The zero-order valence-electron chi connectivity index (χ0n) is 34.2. The molecule has 13 aromatic rings. The van der Waals surface area contributed by atoms with Crippen molar-refractivity contribution in [2.24, 2.45) is 0 Å². The summed E-state index contributed by atoms with van der Waals surface area (Å²) < 4.78 is 5.14. The fourth-order valence-electron chi connectivity index (χ4n) is 9.43. The monoisotopic (exact) mass is 850 g/mol. The Kier molecular flexibility index (Phi) is 8.54. The Labute approximate surface area is 376 Å². The van der Waals surface area contributed by atoms with Crippen LogP contribution in [-0.4, -0.2) is 19.9 Å². The molecule has 0 N–H and O–H groups in total. The molecule has 0 bridgehead atoms. The highest BCUT2D eigenvalue weighted by Crippen LogP contribution is 2.45. The minimum Gasteiger partial charge on any atom is -0.265 e. The van der Waals surface area contributed by atoms with Crippen LogP contribution < -0.4 is 0 Å². The van der Waals surface area contributed by atoms with E-state index in [0.717, 1.165) is 71.6 Å². The number of benzene rings is 9. The van der Waals surface area contributed by atoms with Crippen molar-refractivity contribution in [3.05, 3.63) is 207 Å². The van der Waals surface area contributed by atoms with E-state index in [0.29, 0.717) is 17.5 Å². The molecule has 0 fully saturated rings. The van der Waals surface area contributed by atoms with Crippen LogP contribution in [-0.2, 0) is 0 Å². The number of aromatic nitrogens is 4. The zero-order valence-corrected chi connectivity index (χ0v) is 35.9. The van der Waals surface area contributed by atoms with Gasteiger partial charge in [0.15, 0.2) is 17.5 Å². The van der Waals surface area contributed by atoms with Gasteiger partial charge in [0.1, 0.15) is 0 Å². The molecular weight excluding hydrogens is 817 g/mol. The molecule has 0 atom stereocenters. The van der Waals surface area contributed by atoms with Crippen molar-refractivity contribution in [3.63, 3.8) is 0 Å². The summed E-state index contributed by atoms with van der Waals surface area (Å²) in [5.41, 5.74) is 9.58. The van der Waals surface area contributed by atoms with E-state index in [1.54, 1.807) is 0 Å². The highest BCUT2D eigenvalue weighted by molar-refractivity contribution is 7.26. The Morgan fingerprint density at radius 3 is 1.22 bits per heavy atom. The molecule has 0 aliphatic heterocycles. The summed E-state index contributed by atoms with van der Waals surface area (Å²) in [6.07, 6.45) is 3.72. The number of hydrogen-bond donors (Lipinski definition) is 0. The third-order valence-corrected chi connectivity index (χ3v) is 14.7. The summed E-state index contributed by atoms with van der Waals surface area (Å²) in [4.78, 5) is 20.5. The van der Waals surface area contributed by atoms with Gasteiger partial charge in [-0.25, -0.2) is 15.0 Å². The standard InChI is InChI=1S/C58H34N4S2/c1-2-12-36(13-3-1)56-60-57(62-58(61-56)55-46-18-6-4-16-44(46)54(35-26-28-59-29-27-35)45-17-5-7-19-47(45)55)41-31-39(37-22-24-52-48(33-37)42-14-8-10-20-50(42)63-52)30-40(32-41)38-23-25-53-49(34-38)43-15-9-11-21-51(43)64-53/h1-34H. The third kappa shape index (κ3) is 6.10. The van der Waals surface area contributed by atoms with E-state index in [9.17, 15) is 0 Å². The van der Waals surface area contributed by atoms with Gasteiger partial charge in [-0.3, -0.25) is 4.98 Å². The Morgan fingerprint density at radius 2 is 0.672 bits per heavy atom. The summed E-state index contributed by atoms with van der Waals surface area (Å²) >= 11 is 3.68. The van der Waals surface area contributed by atoms with Crippen molar-refractivity contribution in [2.45, 2.75) is 0 Å². The van der Waals surface area contributed by atoms with Gasteiger partial charge in [0, 0.05) is 69.4 Å². The predicted molar refractivity (Wildman–Crippen MR) is 271 cm³/mol. The van der Waals surface area contributed by atoms with Crippen LogP contribution >= 0.6 is 22.7 Å². The summed E-state index contributed by atoms with van der Waals surface area (Å²) in [6, 6.07) is 69.7. The van der Waals surface area contributed by atoms with Crippen molar-refractivity contribution in [3.8, 4) is 67.5 Å². The first-order valence-electron chi connectivity index (χ1n) is 21.3. The number of hydrogen-bond acceptors (Lipinski definition) is 6. The minimum absolute atomic E-state index is 0.613. The summed E-state index contributed by atoms with van der Waals surface area (Å²) in [5.74, 6) is 1.86. The van der Waals surface area contributed by atoms with Crippen molar-refractivity contribution in [1.29, 1.82) is 0 Å². The molecule has 298 valence electrons. The van der Waals surface area contributed by atoms with Crippen molar-refractivity contribution >= 4 is 84.6 Å². The lowest BCUT2D eigenvalue weighted by Crippen LogP contribution is -2.02.